The van der Waals surface area contributed by atoms with Crippen LogP contribution in [-0.4, -0.2) is 23.0 Å². The van der Waals surface area contributed by atoms with Crippen LogP contribution in [-0.2, 0) is 9.53 Å². The Morgan fingerprint density at radius 3 is 2.38 bits per heavy atom. The minimum Gasteiger partial charge on any atom is -0.455 e. The molecule has 5 heteroatoms. The van der Waals surface area contributed by atoms with Crippen LogP contribution in [0.4, 0.5) is 0 Å². The summed E-state index contributed by atoms with van der Waals surface area (Å²) in [4.78, 5) is 21.4. The first-order valence-electron chi connectivity index (χ1n) is 5.83. The Morgan fingerprint density at radius 2 is 1.94 bits per heavy atom. The van der Waals surface area contributed by atoms with Gasteiger partial charge in [0, 0.05) is 24.7 Å². The number of nitrogens with zero attached hydrogens (tertiary/aromatic N) is 1. The fourth-order valence-corrected chi connectivity index (χ4v) is 2.36. The largest absolute Gasteiger partial charge is 0.455 e. The summed E-state index contributed by atoms with van der Waals surface area (Å²) >= 11 is 0. The molecule has 1 aliphatic carbocycles. The molecule has 5 nitrogen and oxygen atoms in total. The van der Waals surface area contributed by atoms with E-state index in [4.69, 9.17) is 4.74 Å². The van der Waals surface area contributed by atoms with Crippen molar-refractivity contribution in [1.29, 1.82) is 0 Å². The summed E-state index contributed by atoms with van der Waals surface area (Å²) in [5.41, 5.74) is 0. The van der Waals surface area contributed by atoms with Crippen molar-refractivity contribution in [1.82, 2.24) is 0 Å². The van der Waals surface area contributed by atoms with Gasteiger partial charge >= 0.3 is 5.97 Å². The number of ether oxygens (including phenoxy) is 1. The van der Waals surface area contributed by atoms with Crippen LogP contribution in [0.3, 0.4) is 0 Å². The highest BCUT2D eigenvalue weighted by Crippen LogP contribution is 2.30. The lowest BCUT2D eigenvalue weighted by Crippen LogP contribution is -2.41. The fourth-order valence-electron chi connectivity index (χ4n) is 2.36. The number of rotatable bonds is 4. The number of esters is 1. The summed E-state index contributed by atoms with van der Waals surface area (Å²) in [6.07, 6.45) is 4.62. The lowest BCUT2D eigenvalue weighted by atomic mass is 9.83. The van der Waals surface area contributed by atoms with Crippen molar-refractivity contribution >= 4 is 5.97 Å². The zero-order chi connectivity index (χ0) is 12.1. The van der Waals surface area contributed by atoms with Crippen molar-refractivity contribution in [2.24, 2.45) is 5.92 Å². The van der Waals surface area contributed by atoms with E-state index >= 15 is 0 Å². The van der Waals surface area contributed by atoms with E-state index in [0.29, 0.717) is 0 Å². The van der Waals surface area contributed by atoms with Crippen molar-refractivity contribution in [2.45, 2.75) is 58.1 Å². The van der Waals surface area contributed by atoms with Gasteiger partial charge in [-0.15, -0.1) is 0 Å². The van der Waals surface area contributed by atoms with Crippen LogP contribution in [0.1, 0.15) is 46.0 Å². The molecule has 0 bridgehead atoms. The molecule has 1 aliphatic rings. The molecule has 2 unspecified atom stereocenters. The van der Waals surface area contributed by atoms with E-state index in [1.165, 1.54) is 20.3 Å². The van der Waals surface area contributed by atoms with E-state index in [2.05, 4.69) is 0 Å². The van der Waals surface area contributed by atoms with Crippen LogP contribution < -0.4 is 0 Å². The Kier molecular flexibility index (Phi) is 4.71. The zero-order valence-electron chi connectivity index (χ0n) is 9.85. The summed E-state index contributed by atoms with van der Waals surface area (Å²) in [5.74, 6) is -0.276. The molecule has 0 spiro atoms. The van der Waals surface area contributed by atoms with Crippen molar-refractivity contribution in [3.63, 3.8) is 0 Å². The van der Waals surface area contributed by atoms with E-state index in [1.54, 1.807) is 0 Å². The molecule has 0 aromatic heterocycles. The maximum absolute atomic E-state index is 11.0. The smallest absolute Gasteiger partial charge is 0.303 e. The first-order chi connectivity index (χ1) is 7.52. The third-order valence-electron chi connectivity index (χ3n) is 3.22. The highest BCUT2D eigenvalue weighted by atomic mass is 16.6. The molecular weight excluding hydrogens is 210 g/mol. The monoisotopic (exact) mass is 229 g/mol. The maximum atomic E-state index is 11.0. The molecule has 0 amide bonds. The van der Waals surface area contributed by atoms with Gasteiger partial charge in [0.25, 0.3) is 0 Å². The van der Waals surface area contributed by atoms with Gasteiger partial charge in [0.15, 0.2) is 6.10 Å². The van der Waals surface area contributed by atoms with Gasteiger partial charge in [-0.05, 0) is 12.8 Å². The van der Waals surface area contributed by atoms with Crippen LogP contribution in [0, 0.1) is 16.0 Å². The average molecular weight is 229 g/mol. The van der Waals surface area contributed by atoms with Crippen molar-refractivity contribution in [3.8, 4) is 0 Å². The molecule has 0 aromatic rings. The van der Waals surface area contributed by atoms with Crippen LogP contribution in [0.25, 0.3) is 0 Å². The molecule has 1 rings (SSSR count). The maximum Gasteiger partial charge on any atom is 0.303 e. The Bertz CT molecular complexity index is 261. The minimum atomic E-state index is -0.813. The van der Waals surface area contributed by atoms with E-state index < -0.39 is 18.1 Å². The number of hydrogen-bond donors (Lipinski definition) is 0. The molecule has 0 saturated heterocycles. The molecule has 1 saturated carbocycles. The number of nitro groups is 1. The van der Waals surface area contributed by atoms with Gasteiger partial charge in [-0.1, -0.05) is 19.3 Å². The molecule has 1 fully saturated rings. The molecule has 0 aromatic carbocycles. The zero-order valence-corrected chi connectivity index (χ0v) is 9.85. The van der Waals surface area contributed by atoms with Crippen molar-refractivity contribution < 1.29 is 14.5 Å². The second-order valence-electron chi connectivity index (χ2n) is 4.50. The summed E-state index contributed by atoms with van der Waals surface area (Å²) in [7, 11) is 0. The molecule has 0 radical (unpaired) electrons. The van der Waals surface area contributed by atoms with Crippen molar-refractivity contribution in [2.75, 3.05) is 0 Å². The highest BCUT2D eigenvalue weighted by Gasteiger charge is 2.37. The van der Waals surface area contributed by atoms with E-state index in [1.807, 2.05) is 0 Å². The quantitative estimate of drug-likeness (QED) is 0.421. The summed E-state index contributed by atoms with van der Waals surface area (Å²) in [6.45, 7) is 2.82. The van der Waals surface area contributed by atoms with Crippen LogP contribution >= 0.6 is 0 Å². The summed E-state index contributed by atoms with van der Waals surface area (Å²) in [6, 6.07) is -0.813. The van der Waals surface area contributed by atoms with Gasteiger partial charge in [-0.2, -0.15) is 0 Å². The fraction of sp³-hybridized carbons (Fsp3) is 0.909. The van der Waals surface area contributed by atoms with Gasteiger partial charge < -0.3 is 4.74 Å². The third kappa shape index (κ3) is 3.47. The summed E-state index contributed by atoms with van der Waals surface area (Å²) in [5, 5.41) is 10.8. The predicted octanol–water partition coefficient (Wildman–Crippen LogP) is 2.16. The molecule has 2 atom stereocenters. The van der Waals surface area contributed by atoms with Gasteiger partial charge in [-0.25, -0.2) is 0 Å². The van der Waals surface area contributed by atoms with Gasteiger partial charge in [0.2, 0.25) is 6.04 Å². The Balaban J connectivity index is 2.68. The van der Waals surface area contributed by atoms with Gasteiger partial charge in [-0.3, -0.25) is 14.9 Å². The predicted molar refractivity (Wildman–Crippen MR) is 58.6 cm³/mol. The van der Waals surface area contributed by atoms with Gasteiger partial charge in [0.05, 0.1) is 0 Å². The number of hydrogen-bond acceptors (Lipinski definition) is 4. The van der Waals surface area contributed by atoms with Crippen LogP contribution in [0.5, 0.6) is 0 Å². The van der Waals surface area contributed by atoms with Crippen molar-refractivity contribution in [3.05, 3.63) is 10.1 Å². The van der Waals surface area contributed by atoms with Gasteiger partial charge in [0.1, 0.15) is 0 Å². The molecule has 0 heterocycles. The van der Waals surface area contributed by atoms with Crippen LogP contribution in [0.2, 0.25) is 0 Å². The normalized spacial score (nSPS) is 21.1. The SMILES string of the molecule is CC(=O)OC(C1CCCCC1)C(C)[N+](=O)[O-]. The molecule has 0 aliphatic heterocycles. The summed E-state index contributed by atoms with van der Waals surface area (Å²) < 4.78 is 5.13. The molecule has 16 heavy (non-hydrogen) atoms. The molecular formula is C11H19NO4. The Labute approximate surface area is 95.3 Å². The van der Waals surface area contributed by atoms with E-state index in [-0.39, 0.29) is 10.8 Å². The first-order valence-corrected chi connectivity index (χ1v) is 5.83. The second-order valence-corrected chi connectivity index (χ2v) is 4.50. The standard InChI is InChI=1S/C11H19NO4/c1-8(12(14)15)11(16-9(2)13)10-6-4-3-5-7-10/h8,10-11H,3-7H2,1-2H3. The van der Waals surface area contributed by atoms with Crippen LogP contribution in [0.15, 0.2) is 0 Å². The Morgan fingerprint density at radius 1 is 1.38 bits per heavy atom. The minimum absolute atomic E-state index is 0.151. The number of carbonyl (C=O) groups excluding carboxylic acids is 1. The first kappa shape index (κ1) is 12.9. The average Bonchev–Trinajstić information content (AvgIpc) is 2.26. The van der Waals surface area contributed by atoms with E-state index in [9.17, 15) is 14.9 Å². The van der Waals surface area contributed by atoms with E-state index in [0.717, 1.165) is 25.7 Å². The Hall–Kier alpha value is -1.13. The molecule has 0 N–H and O–H groups in total. The lowest BCUT2D eigenvalue weighted by Gasteiger charge is -2.29. The third-order valence-corrected chi connectivity index (χ3v) is 3.22. The number of carbonyl (C=O) groups is 1. The highest BCUT2D eigenvalue weighted by molar-refractivity contribution is 5.66. The lowest BCUT2D eigenvalue weighted by molar-refractivity contribution is -0.531. The second kappa shape index (κ2) is 5.82. The molecule has 92 valence electrons. The topological polar surface area (TPSA) is 69.4 Å².